The van der Waals surface area contributed by atoms with Gasteiger partial charge in [-0.25, -0.2) is 0 Å². The van der Waals surface area contributed by atoms with Gasteiger partial charge in [-0.2, -0.15) is 0 Å². The van der Waals surface area contributed by atoms with Crippen molar-refractivity contribution in [2.45, 2.75) is 64.5 Å². The summed E-state index contributed by atoms with van der Waals surface area (Å²) in [6.07, 6.45) is 11.2. The van der Waals surface area contributed by atoms with Crippen LogP contribution in [0.25, 0.3) is 10.9 Å². The zero-order valence-electron chi connectivity index (χ0n) is 17.6. The van der Waals surface area contributed by atoms with Crippen LogP contribution in [0.1, 0.15) is 51.9 Å². The van der Waals surface area contributed by atoms with E-state index in [1.54, 1.807) is 10.6 Å². The Balaban J connectivity index is 1.53. The number of aromatic nitrogens is 1. The molecular weight excluding hydrogens is 364 g/mol. The summed E-state index contributed by atoms with van der Waals surface area (Å²) in [6.45, 7) is 3.01. The Morgan fingerprint density at radius 2 is 2.00 bits per heavy atom. The van der Waals surface area contributed by atoms with E-state index in [2.05, 4.69) is 0 Å². The molecule has 0 saturated heterocycles. The summed E-state index contributed by atoms with van der Waals surface area (Å²) < 4.78 is 7.62. The highest BCUT2D eigenvalue weighted by Crippen LogP contribution is 2.23. The van der Waals surface area contributed by atoms with Gasteiger partial charge in [-0.3, -0.25) is 9.59 Å². The first-order chi connectivity index (χ1) is 14.1. The number of carbonyl (C=O) groups is 1. The van der Waals surface area contributed by atoms with Gasteiger partial charge < -0.3 is 14.2 Å². The molecule has 3 rings (SSSR count). The van der Waals surface area contributed by atoms with Crippen molar-refractivity contribution in [3.63, 3.8) is 0 Å². The molecule has 5 heteroatoms. The van der Waals surface area contributed by atoms with Gasteiger partial charge in [-0.15, -0.1) is 0 Å². The molecule has 1 aliphatic carbocycles. The van der Waals surface area contributed by atoms with E-state index in [0.717, 1.165) is 29.5 Å². The van der Waals surface area contributed by atoms with Crippen LogP contribution in [0.2, 0.25) is 0 Å². The van der Waals surface area contributed by atoms with Gasteiger partial charge in [0.2, 0.25) is 5.91 Å². The van der Waals surface area contributed by atoms with E-state index in [1.165, 1.54) is 19.3 Å². The van der Waals surface area contributed by atoms with Crippen molar-refractivity contribution in [3.8, 4) is 5.75 Å². The number of hydrogen-bond acceptors (Lipinski definition) is 3. The maximum atomic E-state index is 12.4. The second-order valence-corrected chi connectivity index (χ2v) is 7.82. The van der Waals surface area contributed by atoms with Gasteiger partial charge in [0.1, 0.15) is 5.75 Å². The SMILES string of the molecule is C/C=C/Cn1c(=O)ccc2cc(OCCCC(=O)N(C)C3CCCCC3)ccc21. The number of amides is 1. The Morgan fingerprint density at radius 3 is 2.76 bits per heavy atom. The second-order valence-electron chi connectivity index (χ2n) is 7.82. The molecule has 0 N–H and O–H groups in total. The fourth-order valence-electron chi connectivity index (χ4n) is 4.03. The fourth-order valence-corrected chi connectivity index (χ4v) is 4.03. The van der Waals surface area contributed by atoms with Gasteiger partial charge in [0.25, 0.3) is 5.56 Å². The summed E-state index contributed by atoms with van der Waals surface area (Å²) in [5.41, 5.74) is 0.886. The van der Waals surface area contributed by atoms with Crippen molar-refractivity contribution in [3.05, 3.63) is 52.8 Å². The first-order valence-corrected chi connectivity index (χ1v) is 10.7. The normalized spacial score (nSPS) is 15.1. The molecule has 0 radical (unpaired) electrons. The van der Waals surface area contributed by atoms with E-state index in [4.69, 9.17) is 4.74 Å². The van der Waals surface area contributed by atoms with Gasteiger partial charge in [0.05, 0.1) is 12.1 Å². The third-order valence-electron chi connectivity index (χ3n) is 5.80. The number of hydrogen-bond donors (Lipinski definition) is 0. The first kappa shape index (κ1) is 21.2. The molecule has 2 aromatic rings. The summed E-state index contributed by atoms with van der Waals surface area (Å²) in [5.74, 6) is 0.980. The quantitative estimate of drug-likeness (QED) is 0.487. The van der Waals surface area contributed by atoms with Crippen molar-refractivity contribution in [2.24, 2.45) is 0 Å². The molecular formula is C24H32N2O3. The summed E-state index contributed by atoms with van der Waals surface area (Å²) in [4.78, 5) is 26.5. The van der Waals surface area contributed by atoms with Crippen LogP contribution in [-0.4, -0.2) is 35.1 Å². The summed E-state index contributed by atoms with van der Waals surface area (Å²) in [6, 6.07) is 9.62. The van der Waals surface area contributed by atoms with Gasteiger partial charge in [-0.05, 0) is 50.5 Å². The number of rotatable bonds is 8. The van der Waals surface area contributed by atoms with E-state index in [9.17, 15) is 9.59 Å². The molecule has 1 aliphatic rings. The molecule has 0 spiro atoms. The van der Waals surface area contributed by atoms with E-state index in [0.29, 0.717) is 32.0 Å². The van der Waals surface area contributed by atoms with E-state index < -0.39 is 0 Å². The highest BCUT2D eigenvalue weighted by molar-refractivity contribution is 5.80. The summed E-state index contributed by atoms with van der Waals surface area (Å²) >= 11 is 0. The smallest absolute Gasteiger partial charge is 0.251 e. The Morgan fingerprint density at radius 1 is 1.21 bits per heavy atom. The van der Waals surface area contributed by atoms with Crippen LogP contribution in [0.15, 0.2) is 47.3 Å². The number of carbonyl (C=O) groups excluding carboxylic acids is 1. The Kier molecular flexibility index (Phi) is 7.50. The van der Waals surface area contributed by atoms with Crippen molar-refractivity contribution in [1.29, 1.82) is 0 Å². The third kappa shape index (κ3) is 5.49. The minimum atomic E-state index is -0.00938. The Bertz CT molecular complexity index is 910. The largest absolute Gasteiger partial charge is 0.494 e. The minimum absolute atomic E-state index is 0.00938. The lowest BCUT2D eigenvalue weighted by Crippen LogP contribution is -2.38. The van der Waals surface area contributed by atoms with Crippen molar-refractivity contribution in [2.75, 3.05) is 13.7 Å². The lowest BCUT2D eigenvalue weighted by atomic mass is 9.94. The molecule has 1 aromatic heterocycles. The predicted octanol–water partition coefficient (Wildman–Crippen LogP) is 4.53. The molecule has 1 aromatic carbocycles. The molecule has 1 saturated carbocycles. The monoisotopic (exact) mass is 396 g/mol. The number of ether oxygens (including phenoxy) is 1. The summed E-state index contributed by atoms with van der Waals surface area (Å²) in [7, 11) is 1.94. The van der Waals surface area contributed by atoms with Crippen LogP contribution in [-0.2, 0) is 11.3 Å². The van der Waals surface area contributed by atoms with Crippen LogP contribution in [0.3, 0.4) is 0 Å². The second kappa shape index (κ2) is 10.3. The molecule has 0 atom stereocenters. The van der Waals surface area contributed by atoms with E-state index >= 15 is 0 Å². The average molecular weight is 397 g/mol. The average Bonchev–Trinajstić information content (AvgIpc) is 2.76. The number of nitrogens with zero attached hydrogens (tertiary/aromatic N) is 2. The van der Waals surface area contributed by atoms with Gasteiger partial charge >= 0.3 is 0 Å². The number of allylic oxidation sites excluding steroid dienone is 2. The van der Waals surface area contributed by atoms with Crippen molar-refractivity contribution in [1.82, 2.24) is 9.47 Å². The molecule has 156 valence electrons. The lowest BCUT2D eigenvalue weighted by Gasteiger charge is -2.31. The zero-order valence-corrected chi connectivity index (χ0v) is 17.6. The highest BCUT2D eigenvalue weighted by Gasteiger charge is 2.21. The third-order valence-corrected chi connectivity index (χ3v) is 5.80. The van der Waals surface area contributed by atoms with Crippen molar-refractivity contribution < 1.29 is 9.53 Å². The van der Waals surface area contributed by atoms with Crippen LogP contribution in [0.5, 0.6) is 5.75 Å². The highest BCUT2D eigenvalue weighted by atomic mass is 16.5. The first-order valence-electron chi connectivity index (χ1n) is 10.7. The van der Waals surface area contributed by atoms with Gasteiger partial charge in [0.15, 0.2) is 0 Å². The van der Waals surface area contributed by atoms with Gasteiger partial charge in [0, 0.05) is 37.5 Å². The predicted molar refractivity (Wildman–Crippen MR) is 117 cm³/mol. The van der Waals surface area contributed by atoms with Crippen molar-refractivity contribution >= 4 is 16.8 Å². The Labute approximate surface area is 173 Å². The molecule has 0 unspecified atom stereocenters. The number of fused-ring (bicyclic) bond motifs is 1. The minimum Gasteiger partial charge on any atom is -0.494 e. The van der Waals surface area contributed by atoms with Crippen LogP contribution in [0, 0.1) is 0 Å². The molecule has 29 heavy (non-hydrogen) atoms. The van der Waals surface area contributed by atoms with E-state index in [-0.39, 0.29) is 11.5 Å². The number of benzene rings is 1. The Hall–Kier alpha value is -2.56. The molecule has 1 fully saturated rings. The molecule has 5 nitrogen and oxygen atoms in total. The molecule has 1 amide bonds. The topological polar surface area (TPSA) is 51.5 Å². The van der Waals surface area contributed by atoms with Gasteiger partial charge in [-0.1, -0.05) is 31.4 Å². The maximum Gasteiger partial charge on any atom is 0.251 e. The molecule has 0 aliphatic heterocycles. The van der Waals surface area contributed by atoms with Crippen LogP contribution >= 0.6 is 0 Å². The molecule has 0 bridgehead atoms. The van der Waals surface area contributed by atoms with E-state index in [1.807, 2.05) is 55.3 Å². The van der Waals surface area contributed by atoms with Crippen LogP contribution < -0.4 is 10.3 Å². The number of pyridine rings is 1. The summed E-state index contributed by atoms with van der Waals surface area (Å²) in [5, 5.41) is 0.972. The zero-order chi connectivity index (χ0) is 20.6. The standard InChI is InChI=1S/C24H32N2O3/c1-3-4-16-26-22-14-13-21(18-19(22)12-15-24(26)28)29-17-8-11-23(27)25(2)20-9-6-5-7-10-20/h3-4,12-15,18,20H,5-11,16-17H2,1-2H3/b4-3+. The maximum absolute atomic E-state index is 12.4. The molecule has 1 heterocycles. The fraction of sp³-hybridized carbons (Fsp3) is 0.500. The lowest BCUT2D eigenvalue weighted by molar-refractivity contribution is -0.132. The van der Waals surface area contributed by atoms with Crippen LogP contribution in [0.4, 0.5) is 0 Å².